The van der Waals surface area contributed by atoms with E-state index in [9.17, 15) is 4.79 Å². The van der Waals surface area contributed by atoms with Crippen LogP contribution in [0.25, 0.3) is 39.6 Å². The molecule has 6 rings (SSSR count). The van der Waals surface area contributed by atoms with Crippen molar-refractivity contribution >= 4 is 22.4 Å². The minimum atomic E-state index is -0.235. The van der Waals surface area contributed by atoms with Gasteiger partial charge in [0, 0.05) is 17.3 Å². The highest BCUT2D eigenvalue weighted by molar-refractivity contribution is 7.15. The molecule has 0 aliphatic rings. The smallest absolute Gasteiger partial charge is 0.291 e. The molecule has 0 N–H and O–H groups in total. The van der Waals surface area contributed by atoms with E-state index in [0.717, 1.165) is 33.8 Å². The molecule has 9 heteroatoms. The van der Waals surface area contributed by atoms with Gasteiger partial charge in [-0.15, -0.1) is 5.10 Å². The highest BCUT2D eigenvalue weighted by Gasteiger charge is 2.16. The standard InChI is InChI=1S/C27H21N5O3S/c1-3-34-21-12-11-18(14-17(21)2)24-19(16-31(29-24)20-8-5-4-6-9-20)15-23-26(33)32-27(36-23)28-25(30-32)22-10-7-13-35-22/h4-16H,3H2,1-2H3. The molecule has 0 spiro atoms. The fourth-order valence-electron chi connectivity index (χ4n) is 4.03. The molecule has 36 heavy (non-hydrogen) atoms. The number of benzene rings is 2. The molecule has 8 nitrogen and oxygen atoms in total. The Labute approximate surface area is 209 Å². The van der Waals surface area contributed by atoms with Crippen LogP contribution in [0.3, 0.4) is 0 Å². The first-order chi connectivity index (χ1) is 17.6. The van der Waals surface area contributed by atoms with E-state index in [-0.39, 0.29) is 5.56 Å². The maximum Gasteiger partial charge on any atom is 0.291 e. The second-order valence-corrected chi connectivity index (χ2v) is 9.16. The first kappa shape index (κ1) is 22.0. The molecule has 0 unspecified atom stereocenters. The lowest BCUT2D eigenvalue weighted by Gasteiger charge is -2.08. The molecule has 2 aromatic carbocycles. The molecule has 6 aromatic rings. The Hall–Kier alpha value is -4.50. The Bertz CT molecular complexity index is 1780. The van der Waals surface area contributed by atoms with Gasteiger partial charge in [0.25, 0.3) is 5.56 Å². The molecule has 0 fully saturated rings. The molecule has 0 amide bonds. The van der Waals surface area contributed by atoms with Crippen molar-refractivity contribution in [3.05, 3.63) is 99.1 Å². The van der Waals surface area contributed by atoms with Crippen LogP contribution in [0.5, 0.6) is 5.75 Å². The van der Waals surface area contributed by atoms with Crippen molar-refractivity contribution in [1.82, 2.24) is 24.4 Å². The van der Waals surface area contributed by atoms with Gasteiger partial charge in [-0.25, -0.2) is 4.68 Å². The minimum Gasteiger partial charge on any atom is -0.494 e. The van der Waals surface area contributed by atoms with E-state index in [1.165, 1.54) is 15.9 Å². The Kier molecular flexibility index (Phi) is 5.46. The Morgan fingerprint density at radius 2 is 1.94 bits per heavy atom. The highest BCUT2D eigenvalue weighted by atomic mass is 32.1. The number of fused-ring (bicyclic) bond motifs is 1. The van der Waals surface area contributed by atoms with Crippen molar-refractivity contribution in [2.24, 2.45) is 0 Å². The Balaban J connectivity index is 1.49. The van der Waals surface area contributed by atoms with Gasteiger partial charge in [0.1, 0.15) is 11.4 Å². The number of hydrogen-bond donors (Lipinski definition) is 0. The first-order valence-electron chi connectivity index (χ1n) is 11.4. The molecule has 4 heterocycles. The van der Waals surface area contributed by atoms with Crippen LogP contribution in [0.15, 0.2) is 82.3 Å². The summed E-state index contributed by atoms with van der Waals surface area (Å²) in [4.78, 5) is 18.2. The second kappa shape index (κ2) is 8.94. The number of para-hydroxylation sites is 1. The van der Waals surface area contributed by atoms with Crippen molar-refractivity contribution in [1.29, 1.82) is 0 Å². The zero-order chi connectivity index (χ0) is 24.6. The van der Waals surface area contributed by atoms with Crippen LogP contribution in [-0.2, 0) is 0 Å². The van der Waals surface area contributed by atoms with Crippen LogP contribution < -0.4 is 14.8 Å². The lowest BCUT2D eigenvalue weighted by atomic mass is 10.0. The van der Waals surface area contributed by atoms with E-state index >= 15 is 0 Å². The third kappa shape index (κ3) is 3.89. The van der Waals surface area contributed by atoms with Crippen molar-refractivity contribution in [2.45, 2.75) is 13.8 Å². The summed E-state index contributed by atoms with van der Waals surface area (Å²) in [5.74, 6) is 1.75. The van der Waals surface area contributed by atoms with Crippen molar-refractivity contribution in [3.63, 3.8) is 0 Å². The van der Waals surface area contributed by atoms with Gasteiger partial charge in [0.15, 0.2) is 5.76 Å². The lowest BCUT2D eigenvalue weighted by molar-refractivity contribution is 0.338. The quantitative estimate of drug-likeness (QED) is 0.338. The number of hydrogen-bond acceptors (Lipinski definition) is 7. The summed E-state index contributed by atoms with van der Waals surface area (Å²) in [6.07, 6.45) is 5.33. The summed E-state index contributed by atoms with van der Waals surface area (Å²) in [6, 6.07) is 19.4. The normalized spacial score (nSPS) is 12.0. The molecule has 0 atom stereocenters. The molecular formula is C27H21N5O3S. The molecule has 0 saturated heterocycles. The van der Waals surface area contributed by atoms with Gasteiger partial charge in [-0.1, -0.05) is 29.5 Å². The van der Waals surface area contributed by atoms with E-state index in [0.29, 0.717) is 27.7 Å². The van der Waals surface area contributed by atoms with Gasteiger partial charge < -0.3 is 9.15 Å². The van der Waals surface area contributed by atoms with Gasteiger partial charge in [-0.3, -0.25) is 4.79 Å². The van der Waals surface area contributed by atoms with Crippen molar-refractivity contribution in [2.75, 3.05) is 6.61 Å². The molecule has 0 bridgehead atoms. The summed E-state index contributed by atoms with van der Waals surface area (Å²) in [5.41, 5.74) is 4.22. The second-order valence-electron chi connectivity index (χ2n) is 8.15. The molecule has 178 valence electrons. The topological polar surface area (TPSA) is 87.4 Å². The number of nitrogens with zero attached hydrogens (tertiary/aromatic N) is 5. The highest BCUT2D eigenvalue weighted by Crippen LogP contribution is 2.29. The maximum atomic E-state index is 13.2. The summed E-state index contributed by atoms with van der Waals surface area (Å²) in [7, 11) is 0. The van der Waals surface area contributed by atoms with Crippen LogP contribution in [0.1, 0.15) is 18.1 Å². The summed E-state index contributed by atoms with van der Waals surface area (Å²) >= 11 is 1.28. The fourth-order valence-corrected chi connectivity index (χ4v) is 4.93. The summed E-state index contributed by atoms with van der Waals surface area (Å²) in [5, 5.41) is 9.22. The SMILES string of the molecule is CCOc1ccc(-c2nn(-c3ccccc3)cc2C=c2sc3nc(-c4ccco4)nn3c2=O)cc1C. The van der Waals surface area contributed by atoms with Crippen LogP contribution in [0.4, 0.5) is 0 Å². The maximum absolute atomic E-state index is 13.2. The van der Waals surface area contributed by atoms with E-state index in [1.54, 1.807) is 18.4 Å². The molecule has 4 aromatic heterocycles. The number of furan rings is 1. The summed E-state index contributed by atoms with van der Waals surface area (Å²) in [6.45, 7) is 4.58. The monoisotopic (exact) mass is 495 g/mol. The average molecular weight is 496 g/mol. The number of rotatable bonds is 6. The predicted molar refractivity (Wildman–Crippen MR) is 139 cm³/mol. The van der Waals surface area contributed by atoms with Gasteiger partial charge in [-0.05, 0) is 68.0 Å². The van der Waals surface area contributed by atoms with Gasteiger partial charge in [-0.2, -0.15) is 14.6 Å². The van der Waals surface area contributed by atoms with Gasteiger partial charge >= 0.3 is 0 Å². The van der Waals surface area contributed by atoms with E-state index < -0.39 is 0 Å². The molecular weight excluding hydrogens is 474 g/mol. The minimum absolute atomic E-state index is 0.235. The van der Waals surface area contributed by atoms with Crippen molar-refractivity contribution < 1.29 is 9.15 Å². The average Bonchev–Trinajstić information content (AvgIpc) is 3.68. The Morgan fingerprint density at radius 1 is 1.08 bits per heavy atom. The predicted octanol–water partition coefficient (Wildman–Crippen LogP) is 4.52. The number of ether oxygens (including phenoxy) is 1. The molecule has 0 aliphatic carbocycles. The first-order valence-corrected chi connectivity index (χ1v) is 12.3. The number of aryl methyl sites for hydroxylation is 1. The zero-order valence-electron chi connectivity index (χ0n) is 19.6. The van der Waals surface area contributed by atoms with E-state index in [2.05, 4.69) is 16.1 Å². The number of thiazole rings is 1. The zero-order valence-corrected chi connectivity index (χ0v) is 20.4. The van der Waals surface area contributed by atoms with E-state index in [4.69, 9.17) is 14.3 Å². The Morgan fingerprint density at radius 3 is 2.67 bits per heavy atom. The molecule has 0 aliphatic heterocycles. The van der Waals surface area contributed by atoms with Crippen LogP contribution in [0.2, 0.25) is 0 Å². The third-order valence-electron chi connectivity index (χ3n) is 5.72. The summed E-state index contributed by atoms with van der Waals surface area (Å²) < 4.78 is 14.7. The van der Waals surface area contributed by atoms with Crippen LogP contribution in [-0.4, -0.2) is 31.0 Å². The molecule has 0 radical (unpaired) electrons. The number of aromatic nitrogens is 5. The molecule has 0 saturated carbocycles. The third-order valence-corrected chi connectivity index (χ3v) is 6.68. The van der Waals surface area contributed by atoms with Gasteiger partial charge in [0.2, 0.25) is 10.8 Å². The van der Waals surface area contributed by atoms with Crippen LogP contribution >= 0.6 is 11.3 Å². The largest absolute Gasteiger partial charge is 0.494 e. The van der Waals surface area contributed by atoms with E-state index in [1.807, 2.05) is 73.3 Å². The van der Waals surface area contributed by atoms with Crippen molar-refractivity contribution in [3.8, 4) is 34.3 Å². The van der Waals surface area contributed by atoms with Crippen LogP contribution in [0, 0.1) is 6.92 Å². The van der Waals surface area contributed by atoms with Gasteiger partial charge in [0.05, 0.1) is 23.1 Å². The lowest BCUT2D eigenvalue weighted by Crippen LogP contribution is -2.23. The fraction of sp³-hybridized carbons (Fsp3) is 0.111.